The van der Waals surface area contributed by atoms with Crippen molar-refractivity contribution in [1.29, 1.82) is 0 Å². The van der Waals surface area contributed by atoms with Crippen LogP contribution < -0.4 is 9.62 Å². The van der Waals surface area contributed by atoms with Crippen LogP contribution >= 0.6 is 0 Å². The Balaban J connectivity index is 1.95. The van der Waals surface area contributed by atoms with Crippen LogP contribution in [0.4, 0.5) is 5.69 Å². The summed E-state index contributed by atoms with van der Waals surface area (Å²) >= 11 is 0. The second kappa shape index (κ2) is 6.65. The van der Waals surface area contributed by atoms with Crippen LogP contribution in [0.5, 0.6) is 0 Å². The monoisotopic (exact) mass is 344 g/mol. The number of sulfonamides is 1. The Bertz CT molecular complexity index is 830. The Morgan fingerprint density at radius 3 is 2.46 bits per heavy atom. The van der Waals surface area contributed by atoms with Gasteiger partial charge >= 0.3 is 0 Å². The minimum absolute atomic E-state index is 0.186. The van der Waals surface area contributed by atoms with Crippen LogP contribution in [0.2, 0.25) is 0 Å². The fraction of sp³-hybridized carbons (Fsp3) is 0.278. The predicted molar refractivity (Wildman–Crippen MR) is 93.3 cm³/mol. The van der Waals surface area contributed by atoms with Crippen molar-refractivity contribution in [3.63, 3.8) is 0 Å². The van der Waals surface area contributed by atoms with Crippen molar-refractivity contribution >= 4 is 21.6 Å². The summed E-state index contributed by atoms with van der Waals surface area (Å²) in [7, 11) is -3.81. The normalized spacial score (nSPS) is 14.2. The van der Waals surface area contributed by atoms with Crippen LogP contribution in [-0.2, 0) is 14.8 Å². The summed E-state index contributed by atoms with van der Waals surface area (Å²) in [5.41, 5.74) is 1.33. The van der Waals surface area contributed by atoms with Crippen molar-refractivity contribution in [2.24, 2.45) is 0 Å². The number of para-hydroxylation sites is 1. The molecule has 126 valence electrons. The van der Waals surface area contributed by atoms with Crippen molar-refractivity contribution in [3.8, 4) is 0 Å². The van der Waals surface area contributed by atoms with Gasteiger partial charge in [0.1, 0.15) is 6.54 Å². The second-order valence-corrected chi connectivity index (χ2v) is 7.87. The lowest BCUT2D eigenvalue weighted by molar-refractivity contribution is -0.119. The molecule has 0 saturated heterocycles. The topological polar surface area (TPSA) is 66.5 Å². The maximum Gasteiger partial charge on any atom is 0.264 e. The zero-order chi connectivity index (χ0) is 17.2. The van der Waals surface area contributed by atoms with E-state index in [0.717, 1.165) is 18.4 Å². The fourth-order valence-electron chi connectivity index (χ4n) is 2.44. The summed E-state index contributed by atoms with van der Waals surface area (Å²) in [6, 6.07) is 15.6. The first kappa shape index (κ1) is 16.5. The number of rotatable bonds is 6. The SMILES string of the molecule is Cc1cccc(S(=O)(=O)N(CC(=O)NC2CC2)c2ccccc2)c1. The van der Waals surface area contributed by atoms with Crippen LogP contribution in [0.15, 0.2) is 59.5 Å². The highest BCUT2D eigenvalue weighted by Gasteiger charge is 2.29. The average molecular weight is 344 g/mol. The quantitative estimate of drug-likeness (QED) is 0.875. The average Bonchev–Trinajstić information content (AvgIpc) is 3.37. The lowest BCUT2D eigenvalue weighted by Gasteiger charge is -2.24. The Morgan fingerprint density at radius 2 is 1.83 bits per heavy atom. The zero-order valence-corrected chi connectivity index (χ0v) is 14.3. The van der Waals surface area contributed by atoms with Crippen molar-refractivity contribution < 1.29 is 13.2 Å². The van der Waals surface area contributed by atoms with Gasteiger partial charge in [-0.2, -0.15) is 0 Å². The molecule has 0 aromatic heterocycles. The maximum absolute atomic E-state index is 13.1. The number of nitrogens with one attached hydrogen (secondary N) is 1. The summed E-state index contributed by atoms with van der Waals surface area (Å²) in [5.74, 6) is -0.280. The van der Waals surface area contributed by atoms with Gasteiger partial charge in [0.25, 0.3) is 10.0 Å². The summed E-state index contributed by atoms with van der Waals surface area (Å²) in [6.07, 6.45) is 1.92. The highest BCUT2D eigenvalue weighted by Crippen LogP contribution is 2.24. The molecule has 1 N–H and O–H groups in total. The fourth-order valence-corrected chi connectivity index (χ4v) is 3.97. The van der Waals surface area contributed by atoms with Gasteiger partial charge in [-0.1, -0.05) is 30.3 Å². The van der Waals surface area contributed by atoms with Gasteiger partial charge in [0.05, 0.1) is 10.6 Å². The van der Waals surface area contributed by atoms with Crippen molar-refractivity contribution in [1.82, 2.24) is 5.32 Å². The van der Waals surface area contributed by atoms with E-state index in [-0.39, 0.29) is 23.4 Å². The number of aryl methyl sites for hydroxylation is 1. The minimum atomic E-state index is -3.81. The van der Waals surface area contributed by atoms with Crippen LogP contribution in [0.1, 0.15) is 18.4 Å². The summed E-state index contributed by atoms with van der Waals surface area (Å²) in [4.78, 5) is 12.4. The molecule has 1 aliphatic carbocycles. The molecule has 24 heavy (non-hydrogen) atoms. The van der Waals surface area contributed by atoms with E-state index in [9.17, 15) is 13.2 Å². The molecular weight excluding hydrogens is 324 g/mol. The number of carbonyl (C=O) groups excluding carboxylic acids is 1. The van der Waals surface area contributed by atoms with Gasteiger partial charge in [0, 0.05) is 6.04 Å². The van der Waals surface area contributed by atoms with Crippen molar-refractivity contribution in [2.45, 2.75) is 30.7 Å². The van der Waals surface area contributed by atoms with E-state index >= 15 is 0 Å². The van der Waals surface area contributed by atoms with Crippen LogP contribution in [0.25, 0.3) is 0 Å². The molecule has 0 spiro atoms. The van der Waals surface area contributed by atoms with Crippen molar-refractivity contribution in [3.05, 3.63) is 60.2 Å². The lowest BCUT2D eigenvalue weighted by atomic mass is 10.2. The Morgan fingerprint density at radius 1 is 1.12 bits per heavy atom. The summed E-state index contributed by atoms with van der Waals surface area (Å²) < 4.78 is 27.3. The number of anilines is 1. The molecule has 1 aliphatic rings. The van der Waals surface area contributed by atoms with Gasteiger partial charge in [0.15, 0.2) is 0 Å². The molecule has 0 heterocycles. The molecule has 0 aliphatic heterocycles. The van der Waals surface area contributed by atoms with E-state index in [0.29, 0.717) is 5.69 Å². The standard InChI is InChI=1S/C18H20N2O3S/c1-14-6-5-9-17(12-14)24(22,23)20(16-7-3-2-4-8-16)13-18(21)19-15-10-11-15/h2-9,12,15H,10-11,13H2,1H3,(H,19,21). The van der Waals surface area contributed by atoms with Crippen molar-refractivity contribution in [2.75, 3.05) is 10.8 Å². The molecule has 0 radical (unpaired) electrons. The lowest BCUT2D eigenvalue weighted by Crippen LogP contribution is -2.41. The number of benzene rings is 2. The molecule has 0 bridgehead atoms. The number of nitrogens with zero attached hydrogens (tertiary/aromatic N) is 1. The summed E-state index contributed by atoms with van der Waals surface area (Å²) in [5, 5.41) is 2.84. The summed E-state index contributed by atoms with van der Waals surface area (Å²) in [6.45, 7) is 1.61. The third-order valence-electron chi connectivity index (χ3n) is 3.85. The molecule has 1 amide bonds. The number of hydrogen-bond acceptors (Lipinski definition) is 3. The van der Waals surface area contributed by atoms with Crippen LogP contribution in [0, 0.1) is 6.92 Å². The van der Waals surface area contributed by atoms with E-state index in [1.54, 1.807) is 42.5 Å². The third-order valence-corrected chi connectivity index (χ3v) is 5.62. The van der Waals surface area contributed by atoms with E-state index in [1.807, 2.05) is 19.1 Å². The Labute approximate surface area is 142 Å². The van der Waals surface area contributed by atoms with E-state index in [1.165, 1.54) is 4.31 Å². The highest BCUT2D eigenvalue weighted by atomic mass is 32.2. The zero-order valence-electron chi connectivity index (χ0n) is 13.5. The minimum Gasteiger partial charge on any atom is -0.352 e. The van der Waals surface area contributed by atoms with E-state index in [4.69, 9.17) is 0 Å². The Kier molecular flexibility index (Phi) is 4.57. The number of amides is 1. The molecule has 1 fully saturated rings. The molecule has 1 saturated carbocycles. The molecule has 2 aromatic carbocycles. The molecule has 5 nitrogen and oxygen atoms in total. The second-order valence-electron chi connectivity index (χ2n) is 6.01. The first-order valence-corrected chi connectivity index (χ1v) is 9.34. The van der Waals surface area contributed by atoms with Gasteiger partial charge in [-0.3, -0.25) is 9.10 Å². The predicted octanol–water partition coefficient (Wildman–Crippen LogP) is 2.47. The van der Waals surface area contributed by atoms with Crippen LogP contribution in [-0.4, -0.2) is 26.9 Å². The van der Waals surface area contributed by atoms with Gasteiger partial charge in [0.2, 0.25) is 5.91 Å². The van der Waals surface area contributed by atoms with E-state index in [2.05, 4.69) is 5.32 Å². The smallest absolute Gasteiger partial charge is 0.264 e. The highest BCUT2D eigenvalue weighted by molar-refractivity contribution is 7.92. The number of hydrogen-bond donors (Lipinski definition) is 1. The molecule has 6 heteroatoms. The number of carbonyl (C=O) groups is 1. The first-order chi connectivity index (χ1) is 11.5. The van der Waals surface area contributed by atoms with Crippen LogP contribution in [0.3, 0.4) is 0 Å². The van der Waals surface area contributed by atoms with Gasteiger partial charge in [-0.05, 0) is 49.6 Å². The van der Waals surface area contributed by atoms with Gasteiger partial charge < -0.3 is 5.32 Å². The largest absolute Gasteiger partial charge is 0.352 e. The molecule has 0 unspecified atom stereocenters. The molecule has 2 aromatic rings. The van der Waals surface area contributed by atoms with Gasteiger partial charge in [-0.25, -0.2) is 8.42 Å². The molecule has 0 atom stereocenters. The van der Waals surface area contributed by atoms with E-state index < -0.39 is 10.0 Å². The third kappa shape index (κ3) is 3.76. The maximum atomic E-state index is 13.1. The Hall–Kier alpha value is -2.34. The molecular formula is C18H20N2O3S. The first-order valence-electron chi connectivity index (χ1n) is 7.90. The molecule has 3 rings (SSSR count). The van der Waals surface area contributed by atoms with Gasteiger partial charge in [-0.15, -0.1) is 0 Å².